The minimum atomic E-state index is -4.71. The molecule has 2 aromatic heterocycles. The number of piperidine rings is 2. The van der Waals surface area contributed by atoms with Crippen LogP contribution in [0.5, 0.6) is 0 Å². The maximum absolute atomic E-state index is 13.5. The van der Waals surface area contributed by atoms with E-state index in [0.717, 1.165) is 73.6 Å². The average Bonchev–Trinajstić information content (AvgIpc) is 3.76. The van der Waals surface area contributed by atoms with E-state index in [1.54, 1.807) is 55.1 Å². The minimum Gasteiger partial charge on any atom is -0.386 e. The van der Waals surface area contributed by atoms with Gasteiger partial charge in [-0.2, -0.15) is 18.3 Å². The number of imide groups is 2. The lowest BCUT2D eigenvalue weighted by atomic mass is 9.57. The number of fused-ring (bicyclic) bond motifs is 2. The van der Waals surface area contributed by atoms with Gasteiger partial charge in [0.25, 0.3) is 17.7 Å². The first-order valence-electron chi connectivity index (χ1n) is 21.0. The molecule has 326 valence electrons. The number of halogens is 3. The monoisotopic (exact) mass is 862 g/mol. The quantitative estimate of drug-likeness (QED) is 0.115. The van der Waals surface area contributed by atoms with E-state index in [-0.39, 0.29) is 35.1 Å². The van der Waals surface area contributed by atoms with Gasteiger partial charge < -0.3 is 15.7 Å². The van der Waals surface area contributed by atoms with Crippen LogP contribution in [-0.2, 0) is 27.9 Å². The molecule has 1 atom stereocenters. The number of pyridine rings is 1. The van der Waals surface area contributed by atoms with E-state index >= 15 is 0 Å². The normalized spacial score (nSPS) is 19.3. The smallest absolute Gasteiger partial charge is 0.386 e. The number of aliphatic hydroxyl groups is 1. The molecule has 3 fully saturated rings. The molecule has 1 aliphatic carbocycles. The zero-order valence-electron chi connectivity index (χ0n) is 34.6. The first-order valence-corrected chi connectivity index (χ1v) is 21.0. The van der Waals surface area contributed by atoms with Crippen LogP contribution in [0.15, 0.2) is 79.0 Å². The molecule has 17 heteroatoms. The number of alkyl halides is 3. The van der Waals surface area contributed by atoms with E-state index in [2.05, 4.69) is 38.0 Å². The van der Waals surface area contributed by atoms with Crippen LogP contribution in [0.4, 0.5) is 24.5 Å². The van der Waals surface area contributed by atoms with Crippen molar-refractivity contribution in [3.63, 3.8) is 0 Å². The van der Waals surface area contributed by atoms with Gasteiger partial charge in [0, 0.05) is 48.0 Å². The second-order valence-corrected chi connectivity index (χ2v) is 17.7. The highest BCUT2D eigenvalue weighted by Crippen LogP contribution is 2.53. The van der Waals surface area contributed by atoms with Crippen LogP contribution in [0.1, 0.15) is 100 Å². The van der Waals surface area contributed by atoms with Crippen LogP contribution in [0.25, 0.3) is 16.6 Å². The second-order valence-electron chi connectivity index (χ2n) is 17.7. The molecule has 5 aromatic rings. The van der Waals surface area contributed by atoms with Gasteiger partial charge in [0.1, 0.15) is 17.4 Å². The number of nitrogens with zero attached hydrogens (tertiary/aromatic N) is 5. The molecule has 2 saturated heterocycles. The predicted molar refractivity (Wildman–Crippen MR) is 225 cm³/mol. The van der Waals surface area contributed by atoms with Gasteiger partial charge >= 0.3 is 6.18 Å². The van der Waals surface area contributed by atoms with Crippen molar-refractivity contribution in [3.05, 3.63) is 113 Å². The molecule has 1 unspecified atom stereocenters. The van der Waals surface area contributed by atoms with Crippen LogP contribution in [0.3, 0.4) is 0 Å². The number of hydrogen-bond acceptors (Lipinski definition) is 10. The van der Waals surface area contributed by atoms with E-state index in [1.165, 1.54) is 6.07 Å². The van der Waals surface area contributed by atoms with Crippen LogP contribution in [0, 0.1) is 11.3 Å². The molecular formula is C46H45F3N8O6. The Morgan fingerprint density at radius 2 is 1.67 bits per heavy atom. The third-order valence-corrected chi connectivity index (χ3v) is 12.8. The van der Waals surface area contributed by atoms with Crippen molar-refractivity contribution >= 4 is 51.8 Å². The Balaban J connectivity index is 0.785. The average molecular weight is 863 g/mol. The topological polar surface area (TPSA) is 179 Å². The molecular weight excluding hydrogens is 818 g/mol. The summed E-state index contributed by atoms with van der Waals surface area (Å²) in [7, 11) is 0. The summed E-state index contributed by atoms with van der Waals surface area (Å²) in [4.78, 5) is 70.9. The van der Waals surface area contributed by atoms with Gasteiger partial charge in [0.15, 0.2) is 0 Å². The maximum atomic E-state index is 13.5. The van der Waals surface area contributed by atoms with Gasteiger partial charge in [0.2, 0.25) is 11.8 Å². The van der Waals surface area contributed by atoms with Gasteiger partial charge in [-0.3, -0.25) is 39.1 Å². The molecule has 0 bridgehead atoms. The Morgan fingerprint density at radius 3 is 2.37 bits per heavy atom. The lowest BCUT2D eigenvalue weighted by molar-refractivity contribution is -0.141. The molecule has 4 N–H and O–H groups in total. The number of aromatic nitrogens is 3. The third kappa shape index (κ3) is 8.18. The summed E-state index contributed by atoms with van der Waals surface area (Å²) in [5, 5.41) is 24.6. The highest BCUT2D eigenvalue weighted by Gasteiger charge is 2.47. The van der Waals surface area contributed by atoms with E-state index in [1.807, 2.05) is 12.1 Å². The van der Waals surface area contributed by atoms with Crippen molar-refractivity contribution in [1.29, 1.82) is 0 Å². The lowest BCUT2D eigenvalue weighted by Gasteiger charge is -2.52. The first-order chi connectivity index (χ1) is 29.9. The SMILES string of the molecule is CC(C)(O)c1cc2nn(-c3ccc(CN4CCC5(CC4)CC(CNc4cccc6c4C(=O)N(C4CCC(=O)NC4=O)C6=O)C5)cc3)cc2cc1NC(=O)c1cccc(C(F)(F)F)n1. The summed E-state index contributed by atoms with van der Waals surface area (Å²) in [5.74, 6) is -2.51. The molecule has 5 heterocycles. The number of likely N-dealkylation sites (tertiary alicyclic amines) is 1. The van der Waals surface area contributed by atoms with Gasteiger partial charge in [-0.25, -0.2) is 9.67 Å². The van der Waals surface area contributed by atoms with Gasteiger partial charge in [-0.15, -0.1) is 0 Å². The molecule has 3 aromatic carbocycles. The molecule has 5 amide bonds. The number of carbonyl (C=O) groups is 5. The Hall–Kier alpha value is -6.46. The molecule has 3 aliphatic heterocycles. The second kappa shape index (κ2) is 15.7. The van der Waals surface area contributed by atoms with E-state index in [0.29, 0.717) is 34.6 Å². The number of rotatable bonds is 10. The molecule has 4 aliphatic rings. The van der Waals surface area contributed by atoms with Crippen molar-refractivity contribution in [2.75, 3.05) is 30.3 Å². The summed E-state index contributed by atoms with van der Waals surface area (Å²) in [6, 6.07) is 18.6. The number of hydrogen-bond donors (Lipinski definition) is 4. The van der Waals surface area contributed by atoms with E-state index < -0.39 is 58.7 Å². The fraction of sp³-hybridized carbons (Fsp3) is 0.370. The summed E-state index contributed by atoms with van der Waals surface area (Å²) in [6.07, 6.45) is 1.57. The molecule has 1 saturated carbocycles. The highest BCUT2D eigenvalue weighted by molar-refractivity contribution is 6.25. The van der Waals surface area contributed by atoms with Crippen LogP contribution < -0.4 is 16.0 Å². The molecule has 9 rings (SSSR count). The summed E-state index contributed by atoms with van der Waals surface area (Å²) >= 11 is 0. The summed E-state index contributed by atoms with van der Waals surface area (Å²) in [6.45, 7) is 6.49. The fourth-order valence-corrected chi connectivity index (χ4v) is 9.55. The summed E-state index contributed by atoms with van der Waals surface area (Å²) in [5.41, 5.74) is 1.44. The minimum absolute atomic E-state index is 0.0676. The standard InChI is InChI=1S/C46H45F3N8O6/c1-44(2,63)31-20-34-28(19-35(31)52-40(59)33-7-4-8-37(51-33)46(47,48)49)25-56(54-34)29-11-9-26(10-12-29)24-55-17-15-45(16-18-55)21-27(22-45)23-50-32-6-3-5-30-39(32)43(62)57(42(30)61)36-13-14-38(58)53-41(36)60/h3-12,19-20,25,27,36,50,63H,13-18,21-24H2,1-2H3,(H,52,59)(H,53,58,60). The summed E-state index contributed by atoms with van der Waals surface area (Å²) < 4.78 is 41.5. The van der Waals surface area contributed by atoms with E-state index in [4.69, 9.17) is 5.10 Å². The number of benzene rings is 3. The lowest BCUT2D eigenvalue weighted by Crippen LogP contribution is -2.54. The number of carbonyl (C=O) groups excluding carboxylic acids is 5. The van der Waals surface area contributed by atoms with Gasteiger partial charge in [-0.05, 0) is 124 Å². The van der Waals surface area contributed by atoms with Crippen molar-refractivity contribution in [3.8, 4) is 5.69 Å². The van der Waals surface area contributed by atoms with Gasteiger partial charge in [-0.1, -0.05) is 24.3 Å². The number of nitrogens with one attached hydrogen (secondary N) is 3. The largest absolute Gasteiger partial charge is 0.433 e. The van der Waals surface area contributed by atoms with Crippen LogP contribution >= 0.6 is 0 Å². The maximum Gasteiger partial charge on any atom is 0.433 e. The fourth-order valence-electron chi connectivity index (χ4n) is 9.55. The Kier molecular flexibility index (Phi) is 10.4. The Bertz CT molecular complexity index is 2670. The Morgan fingerprint density at radius 1 is 0.937 bits per heavy atom. The van der Waals surface area contributed by atoms with Crippen molar-refractivity contribution in [1.82, 2.24) is 29.9 Å². The van der Waals surface area contributed by atoms with Crippen molar-refractivity contribution in [2.45, 2.75) is 76.7 Å². The Labute approximate surface area is 359 Å². The van der Waals surface area contributed by atoms with Crippen molar-refractivity contribution < 1.29 is 42.3 Å². The van der Waals surface area contributed by atoms with Crippen LogP contribution in [0.2, 0.25) is 0 Å². The zero-order valence-corrected chi connectivity index (χ0v) is 34.6. The first kappa shape index (κ1) is 41.9. The third-order valence-electron chi connectivity index (χ3n) is 12.8. The molecule has 1 spiro atoms. The van der Waals surface area contributed by atoms with E-state index in [9.17, 15) is 42.3 Å². The highest BCUT2D eigenvalue weighted by atomic mass is 19.4. The molecule has 0 radical (unpaired) electrons. The zero-order chi connectivity index (χ0) is 44.4. The van der Waals surface area contributed by atoms with Gasteiger partial charge in [0.05, 0.1) is 27.9 Å². The van der Waals surface area contributed by atoms with Crippen molar-refractivity contribution in [2.24, 2.45) is 11.3 Å². The van der Waals surface area contributed by atoms with Crippen LogP contribution in [-0.4, -0.2) is 84.9 Å². The predicted octanol–water partition coefficient (Wildman–Crippen LogP) is 6.42. The molecule has 63 heavy (non-hydrogen) atoms. The molecule has 14 nitrogen and oxygen atoms in total. The number of anilines is 2. The number of amides is 5.